The highest BCUT2D eigenvalue weighted by molar-refractivity contribution is 14.1. The molecule has 0 aromatic heterocycles. The number of likely N-dealkylation sites (N-methyl/N-ethyl adjacent to an activating group) is 1. The molecule has 0 aliphatic rings. The van der Waals surface area contributed by atoms with Crippen LogP contribution in [0.5, 0.6) is 0 Å². The Morgan fingerprint density at radius 3 is 2.64 bits per heavy atom. The maximum atomic E-state index is 13.6. The van der Waals surface area contributed by atoms with Crippen LogP contribution >= 0.6 is 22.6 Å². The van der Waals surface area contributed by atoms with Gasteiger partial charge < -0.3 is 5.32 Å². The minimum Gasteiger partial charge on any atom is -0.324 e. The van der Waals surface area contributed by atoms with E-state index in [9.17, 15) is 13.6 Å². The zero-order valence-electron chi connectivity index (χ0n) is 11.9. The quantitative estimate of drug-likeness (QED) is 0.756. The average molecular weight is 416 g/mol. The van der Waals surface area contributed by atoms with Gasteiger partial charge in [-0.15, -0.1) is 0 Å². The Morgan fingerprint density at radius 2 is 1.95 bits per heavy atom. The standard InChI is InChI=1S/C16H15F2IN2O/c1-21(9-11-6-7-12(17)8-13(11)18)10-16(22)20-15-5-3-2-4-14(15)19/h2-8H,9-10H2,1H3,(H,20,22). The second kappa shape index (κ2) is 7.64. The lowest BCUT2D eigenvalue weighted by Crippen LogP contribution is -2.30. The van der Waals surface area contributed by atoms with Gasteiger partial charge in [-0.05, 0) is 47.8 Å². The van der Waals surface area contributed by atoms with Crippen LogP contribution in [-0.2, 0) is 11.3 Å². The van der Waals surface area contributed by atoms with Crippen molar-refractivity contribution in [1.82, 2.24) is 4.90 Å². The largest absolute Gasteiger partial charge is 0.324 e. The number of benzene rings is 2. The number of nitrogens with one attached hydrogen (secondary N) is 1. The van der Waals surface area contributed by atoms with E-state index in [4.69, 9.17) is 0 Å². The summed E-state index contributed by atoms with van der Waals surface area (Å²) in [7, 11) is 1.71. The van der Waals surface area contributed by atoms with Gasteiger partial charge in [0, 0.05) is 21.7 Å². The fraction of sp³-hybridized carbons (Fsp3) is 0.188. The van der Waals surface area contributed by atoms with Crippen LogP contribution in [0.15, 0.2) is 42.5 Å². The second-order valence-corrected chi connectivity index (χ2v) is 6.10. The molecule has 1 N–H and O–H groups in total. The summed E-state index contributed by atoms with van der Waals surface area (Å²) in [4.78, 5) is 13.7. The molecule has 1 amide bonds. The van der Waals surface area contributed by atoms with Crippen molar-refractivity contribution in [2.24, 2.45) is 0 Å². The number of nitrogens with zero attached hydrogens (tertiary/aromatic N) is 1. The number of carbonyl (C=O) groups is 1. The van der Waals surface area contributed by atoms with Gasteiger partial charge in [0.15, 0.2) is 0 Å². The molecular weight excluding hydrogens is 401 g/mol. The lowest BCUT2D eigenvalue weighted by Gasteiger charge is -2.17. The summed E-state index contributed by atoms with van der Waals surface area (Å²) in [5.74, 6) is -1.40. The molecule has 2 aromatic carbocycles. The Kier molecular flexibility index (Phi) is 5.84. The van der Waals surface area contributed by atoms with Crippen molar-refractivity contribution < 1.29 is 13.6 Å². The van der Waals surface area contributed by atoms with E-state index < -0.39 is 11.6 Å². The van der Waals surface area contributed by atoms with E-state index in [-0.39, 0.29) is 19.0 Å². The number of amides is 1. The molecule has 0 unspecified atom stereocenters. The van der Waals surface area contributed by atoms with Crippen LogP contribution in [0.1, 0.15) is 5.56 Å². The second-order valence-electron chi connectivity index (χ2n) is 4.94. The fourth-order valence-electron chi connectivity index (χ4n) is 1.99. The van der Waals surface area contributed by atoms with Crippen LogP contribution in [-0.4, -0.2) is 24.4 Å². The summed E-state index contributed by atoms with van der Waals surface area (Å²) in [6, 6.07) is 10.9. The summed E-state index contributed by atoms with van der Waals surface area (Å²) >= 11 is 2.14. The van der Waals surface area contributed by atoms with Gasteiger partial charge in [-0.1, -0.05) is 18.2 Å². The molecular formula is C16H15F2IN2O. The molecule has 22 heavy (non-hydrogen) atoms. The third kappa shape index (κ3) is 4.74. The topological polar surface area (TPSA) is 32.3 Å². The van der Waals surface area contributed by atoms with Gasteiger partial charge in [-0.3, -0.25) is 9.69 Å². The molecule has 0 saturated carbocycles. The lowest BCUT2D eigenvalue weighted by molar-refractivity contribution is -0.117. The first-order valence-corrected chi connectivity index (χ1v) is 7.70. The third-order valence-electron chi connectivity index (χ3n) is 3.02. The highest BCUT2D eigenvalue weighted by atomic mass is 127. The van der Waals surface area contributed by atoms with Gasteiger partial charge in [0.1, 0.15) is 11.6 Å². The lowest BCUT2D eigenvalue weighted by atomic mass is 10.2. The maximum absolute atomic E-state index is 13.6. The minimum atomic E-state index is -0.611. The molecule has 2 aromatic rings. The highest BCUT2D eigenvalue weighted by Gasteiger charge is 2.11. The van der Waals surface area contributed by atoms with E-state index in [0.717, 1.165) is 15.3 Å². The molecule has 0 radical (unpaired) electrons. The maximum Gasteiger partial charge on any atom is 0.238 e. The van der Waals surface area contributed by atoms with Crippen molar-refractivity contribution in [2.45, 2.75) is 6.54 Å². The van der Waals surface area contributed by atoms with Crippen molar-refractivity contribution in [3.63, 3.8) is 0 Å². The number of hydrogen-bond acceptors (Lipinski definition) is 2. The first-order chi connectivity index (χ1) is 10.5. The Morgan fingerprint density at radius 1 is 1.23 bits per heavy atom. The SMILES string of the molecule is CN(CC(=O)Nc1ccccc1I)Cc1ccc(F)cc1F. The summed E-state index contributed by atoms with van der Waals surface area (Å²) in [5, 5.41) is 2.81. The average Bonchev–Trinajstić information content (AvgIpc) is 2.44. The molecule has 0 aliphatic heterocycles. The Balaban J connectivity index is 1.92. The van der Waals surface area contributed by atoms with Gasteiger partial charge in [-0.2, -0.15) is 0 Å². The highest BCUT2D eigenvalue weighted by Crippen LogP contribution is 2.17. The normalized spacial score (nSPS) is 10.8. The van der Waals surface area contributed by atoms with Crippen LogP contribution in [0.4, 0.5) is 14.5 Å². The molecule has 0 heterocycles. The first-order valence-electron chi connectivity index (χ1n) is 6.62. The Bertz CT molecular complexity index is 679. The van der Waals surface area contributed by atoms with E-state index in [1.807, 2.05) is 24.3 Å². The van der Waals surface area contributed by atoms with E-state index in [1.165, 1.54) is 12.1 Å². The molecule has 0 fully saturated rings. The van der Waals surface area contributed by atoms with Crippen molar-refractivity contribution in [2.75, 3.05) is 18.9 Å². The molecule has 6 heteroatoms. The van der Waals surface area contributed by atoms with E-state index in [2.05, 4.69) is 27.9 Å². The fourth-order valence-corrected chi connectivity index (χ4v) is 2.52. The third-order valence-corrected chi connectivity index (χ3v) is 3.96. The molecule has 3 nitrogen and oxygen atoms in total. The summed E-state index contributed by atoms with van der Waals surface area (Å²) in [6.45, 7) is 0.340. The summed E-state index contributed by atoms with van der Waals surface area (Å²) in [6.07, 6.45) is 0. The van der Waals surface area contributed by atoms with Crippen LogP contribution in [0.3, 0.4) is 0 Å². The number of anilines is 1. The van der Waals surface area contributed by atoms with Crippen LogP contribution in [0.25, 0.3) is 0 Å². The molecule has 0 spiro atoms. The predicted octanol–water partition coefficient (Wildman–Crippen LogP) is 3.64. The summed E-state index contributed by atoms with van der Waals surface area (Å²) in [5.41, 5.74) is 1.10. The van der Waals surface area contributed by atoms with Crippen LogP contribution in [0, 0.1) is 15.2 Å². The van der Waals surface area contributed by atoms with E-state index in [1.54, 1.807) is 11.9 Å². The van der Waals surface area contributed by atoms with Crippen molar-refractivity contribution >= 4 is 34.2 Å². The number of halogens is 3. The Hall–Kier alpha value is -1.54. The monoisotopic (exact) mass is 416 g/mol. The number of para-hydroxylation sites is 1. The molecule has 0 atom stereocenters. The van der Waals surface area contributed by atoms with E-state index >= 15 is 0 Å². The van der Waals surface area contributed by atoms with Crippen LogP contribution in [0.2, 0.25) is 0 Å². The van der Waals surface area contributed by atoms with Gasteiger partial charge >= 0.3 is 0 Å². The number of hydrogen-bond donors (Lipinski definition) is 1. The molecule has 2 rings (SSSR count). The zero-order valence-corrected chi connectivity index (χ0v) is 14.1. The van der Waals surface area contributed by atoms with Gasteiger partial charge in [0.2, 0.25) is 5.91 Å². The molecule has 116 valence electrons. The smallest absolute Gasteiger partial charge is 0.238 e. The van der Waals surface area contributed by atoms with Crippen LogP contribution < -0.4 is 5.32 Å². The summed E-state index contributed by atoms with van der Waals surface area (Å²) < 4.78 is 27.4. The Labute approximate surface area is 141 Å². The van der Waals surface area contributed by atoms with Gasteiger partial charge in [0.05, 0.1) is 12.2 Å². The van der Waals surface area contributed by atoms with Crippen molar-refractivity contribution in [3.8, 4) is 0 Å². The van der Waals surface area contributed by atoms with Crippen molar-refractivity contribution in [1.29, 1.82) is 0 Å². The van der Waals surface area contributed by atoms with Gasteiger partial charge in [0.25, 0.3) is 0 Å². The molecule has 0 aliphatic carbocycles. The van der Waals surface area contributed by atoms with Gasteiger partial charge in [-0.25, -0.2) is 8.78 Å². The zero-order chi connectivity index (χ0) is 16.1. The number of rotatable bonds is 5. The molecule has 0 saturated heterocycles. The predicted molar refractivity (Wildman–Crippen MR) is 90.5 cm³/mol. The minimum absolute atomic E-state index is 0.113. The first kappa shape index (κ1) is 16.8. The molecule has 0 bridgehead atoms. The van der Waals surface area contributed by atoms with Crippen molar-refractivity contribution in [3.05, 3.63) is 63.2 Å². The van der Waals surface area contributed by atoms with E-state index in [0.29, 0.717) is 5.56 Å². The number of carbonyl (C=O) groups excluding carboxylic acids is 1.